The number of hydrogen-bond donors (Lipinski definition) is 0. The molecule has 3 aromatic rings. The molecule has 1 unspecified atom stereocenters. The number of non-ortho nitro benzene ring substituents is 1. The second kappa shape index (κ2) is 7.59. The van der Waals surface area contributed by atoms with Crippen molar-refractivity contribution in [3.8, 4) is 5.88 Å². The molecule has 1 aromatic heterocycles. The van der Waals surface area contributed by atoms with E-state index in [9.17, 15) is 14.9 Å². The fraction of sp³-hybridized carbons (Fsp3) is 0.158. The molecule has 0 aliphatic heterocycles. The van der Waals surface area contributed by atoms with Crippen LogP contribution in [0.25, 0.3) is 0 Å². The minimum Gasteiger partial charge on any atom is -0.404 e. The first-order valence-corrected chi connectivity index (χ1v) is 8.51. The van der Waals surface area contributed by atoms with Crippen molar-refractivity contribution in [3.63, 3.8) is 0 Å². The first kappa shape index (κ1) is 18.6. The molecule has 1 heterocycles. The molecule has 0 spiro atoms. The van der Waals surface area contributed by atoms with Crippen molar-refractivity contribution in [2.24, 2.45) is 0 Å². The van der Waals surface area contributed by atoms with E-state index in [-0.39, 0.29) is 17.3 Å². The van der Waals surface area contributed by atoms with Crippen LogP contribution in [0.1, 0.15) is 34.6 Å². The number of carbonyl (C=O) groups is 1. The zero-order chi connectivity index (χ0) is 19.6. The highest BCUT2D eigenvalue weighted by Crippen LogP contribution is 2.26. The van der Waals surface area contributed by atoms with Crippen LogP contribution in [-0.2, 0) is 0 Å². The summed E-state index contributed by atoms with van der Waals surface area (Å²) in [6.07, 6.45) is 0. The van der Waals surface area contributed by atoms with Gasteiger partial charge in [-0.1, -0.05) is 23.7 Å². The predicted octanol–water partition coefficient (Wildman–Crippen LogP) is 4.58. The van der Waals surface area contributed by atoms with Gasteiger partial charge in [0.25, 0.3) is 5.69 Å². The van der Waals surface area contributed by atoms with Gasteiger partial charge in [-0.25, -0.2) is 9.48 Å². The zero-order valence-corrected chi connectivity index (χ0v) is 15.4. The molecular formula is C19H16ClN3O4. The number of halogens is 1. The number of esters is 1. The highest BCUT2D eigenvalue weighted by molar-refractivity contribution is 6.30. The average Bonchev–Trinajstić information content (AvgIpc) is 3.02. The normalized spacial score (nSPS) is 11.8. The van der Waals surface area contributed by atoms with E-state index in [0.717, 1.165) is 5.56 Å². The highest BCUT2D eigenvalue weighted by atomic mass is 35.5. The van der Waals surface area contributed by atoms with Crippen LogP contribution in [0.4, 0.5) is 5.69 Å². The second-order valence-electron chi connectivity index (χ2n) is 5.99. The first-order chi connectivity index (χ1) is 12.8. The lowest BCUT2D eigenvalue weighted by atomic mass is 10.1. The van der Waals surface area contributed by atoms with E-state index in [1.807, 2.05) is 19.1 Å². The van der Waals surface area contributed by atoms with Crippen LogP contribution in [0, 0.1) is 17.0 Å². The lowest BCUT2D eigenvalue weighted by Gasteiger charge is -2.16. The summed E-state index contributed by atoms with van der Waals surface area (Å²) in [5, 5.41) is 15.8. The molecule has 27 heavy (non-hydrogen) atoms. The van der Waals surface area contributed by atoms with Crippen molar-refractivity contribution in [1.29, 1.82) is 0 Å². The molecule has 0 saturated heterocycles. The van der Waals surface area contributed by atoms with Crippen molar-refractivity contribution in [3.05, 3.63) is 86.6 Å². The van der Waals surface area contributed by atoms with Crippen molar-refractivity contribution in [2.75, 3.05) is 0 Å². The number of aryl methyl sites for hydroxylation is 1. The Kier molecular flexibility index (Phi) is 5.23. The van der Waals surface area contributed by atoms with Gasteiger partial charge in [-0.3, -0.25) is 10.1 Å². The van der Waals surface area contributed by atoms with E-state index in [2.05, 4.69) is 5.10 Å². The number of aromatic nitrogens is 2. The summed E-state index contributed by atoms with van der Waals surface area (Å²) in [5.41, 5.74) is 1.77. The van der Waals surface area contributed by atoms with Gasteiger partial charge < -0.3 is 4.74 Å². The molecule has 0 aliphatic carbocycles. The van der Waals surface area contributed by atoms with E-state index >= 15 is 0 Å². The summed E-state index contributed by atoms with van der Waals surface area (Å²) >= 11 is 5.93. The van der Waals surface area contributed by atoms with E-state index in [1.54, 1.807) is 29.8 Å². The molecular weight excluding hydrogens is 370 g/mol. The van der Waals surface area contributed by atoms with Crippen LogP contribution < -0.4 is 4.74 Å². The summed E-state index contributed by atoms with van der Waals surface area (Å²) in [6, 6.07) is 14.0. The van der Waals surface area contributed by atoms with Crippen LogP contribution in [-0.4, -0.2) is 20.7 Å². The van der Waals surface area contributed by atoms with Gasteiger partial charge in [0.2, 0.25) is 5.88 Å². The van der Waals surface area contributed by atoms with E-state index in [1.165, 1.54) is 24.3 Å². The molecule has 0 aliphatic rings. The molecule has 3 rings (SSSR count). The maximum Gasteiger partial charge on any atom is 0.344 e. The Morgan fingerprint density at radius 3 is 2.41 bits per heavy atom. The summed E-state index contributed by atoms with van der Waals surface area (Å²) in [7, 11) is 0. The first-order valence-electron chi connectivity index (χ1n) is 8.13. The number of rotatable bonds is 5. The quantitative estimate of drug-likeness (QED) is 0.364. The maximum atomic E-state index is 12.4. The SMILES string of the molecule is Cc1cc(OC(=O)c2ccc([N+](=O)[O-])cc2)n(C(C)c2ccc(Cl)cc2)n1. The largest absolute Gasteiger partial charge is 0.404 e. The predicted molar refractivity (Wildman–Crippen MR) is 100 cm³/mol. The molecule has 2 aromatic carbocycles. The minimum absolute atomic E-state index is 0.0937. The molecule has 0 saturated carbocycles. The number of hydrogen-bond acceptors (Lipinski definition) is 5. The number of nitrogens with zero attached hydrogens (tertiary/aromatic N) is 3. The summed E-state index contributed by atoms with van der Waals surface area (Å²) < 4.78 is 7.10. The van der Waals surface area contributed by atoms with Crippen LogP contribution in [0.2, 0.25) is 5.02 Å². The standard InChI is InChI=1S/C19H16ClN3O4/c1-12-11-18(22(21-12)13(2)14-3-7-16(20)8-4-14)27-19(24)15-5-9-17(10-6-15)23(25)26/h3-11,13H,1-2H3. The van der Waals surface area contributed by atoms with Gasteiger partial charge >= 0.3 is 5.97 Å². The molecule has 0 radical (unpaired) electrons. The van der Waals surface area contributed by atoms with Gasteiger partial charge in [0.05, 0.1) is 22.2 Å². The molecule has 8 heteroatoms. The zero-order valence-electron chi connectivity index (χ0n) is 14.6. The molecule has 0 amide bonds. The molecule has 138 valence electrons. The van der Waals surface area contributed by atoms with Crippen LogP contribution in [0.5, 0.6) is 5.88 Å². The lowest BCUT2D eigenvalue weighted by molar-refractivity contribution is -0.384. The summed E-state index contributed by atoms with van der Waals surface area (Å²) in [4.78, 5) is 22.6. The summed E-state index contributed by atoms with van der Waals surface area (Å²) in [5.74, 6) is -0.326. The Morgan fingerprint density at radius 2 is 1.81 bits per heavy atom. The molecule has 0 bridgehead atoms. The smallest absolute Gasteiger partial charge is 0.344 e. The van der Waals surface area contributed by atoms with Crippen LogP contribution in [0.3, 0.4) is 0 Å². The fourth-order valence-corrected chi connectivity index (χ4v) is 2.73. The molecule has 0 N–H and O–H groups in total. The topological polar surface area (TPSA) is 87.3 Å². The Balaban J connectivity index is 1.84. The second-order valence-corrected chi connectivity index (χ2v) is 6.43. The average molecular weight is 386 g/mol. The van der Waals surface area contributed by atoms with Gasteiger partial charge in [0, 0.05) is 23.2 Å². The fourth-order valence-electron chi connectivity index (χ4n) is 2.60. The van der Waals surface area contributed by atoms with Gasteiger partial charge in [0.1, 0.15) is 0 Å². The third kappa shape index (κ3) is 4.15. The number of nitro benzene ring substituents is 1. The Labute approximate surface area is 160 Å². The summed E-state index contributed by atoms with van der Waals surface area (Å²) in [6.45, 7) is 3.73. The molecule has 1 atom stereocenters. The highest BCUT2D eigenvalue weighted by Gasteiger charge is 2.19. The third-order valence-electron chi connectivity index (χ3n) is 4.05. The van der Waals surface area contributed by atoms with Crippen molar-refractivity contribution in [1.82, 2.24) is 9.78 Å². The Morgan fingerprint density at radius 1 is 1.19 bits per heavy atom. The van der Waals surface area contributed by atoms with Crippen molar-refractivity contribution >= 4 is 23.3 Å². The van der Waals surface area contributed by atoms with E-state index in [0.29, 0.717) is 16.6 Å². The number of nitro groups is 1. The number of ether oxygens (including phenoxy) is 1. The van der Waals surface area contributed by atoms with Gasteiger partial charge in [0.15, 0.2) is 0 Å². The Bertz CT molecular complexity index is 981. The van der Waals surface area contributed by atoms with Crippen LogP contribution in [0.15, 0.2) is 54.6 Å². The monoisotopic (exact) mass is 385 g/mol. The van der Waals surface area contributed by atoms with E-state index < -0.39 is 10.9 Å². The minimum atomic E-state index is -0.616. The Hall–Kier alpha value is -3.19. The van der Waals surface area contributed by atoms with Crippen LogP contribution >= 0.6 is 11.6 Å². The third-order valence-corrected chi connectivity index (χ3v) is 4.31. The van der Waals surface area contributed by atoms with Gasteiger partial charge in [-0.2, -0.15) is 5.10 Å². The number of carbonyl (C=O) groups excluding carboxylic acids is 1. The maximum absolute atomic E-state index is 12.4. The van der Waals surface area contributed by atoms with Gasteiger partial charge in [-0.05, 0) is 43.7 Å². The van der Waals surface area contributed by atoms with Crippen molar-refractivity contribution in [2.45, 2.75) is 19.9 Å². The van der Waals surface area contributed by atoms with Gasteiger partial charge in [-0.15, -0.1) is 0 Å². The molecule has 7 nitrogen and oxygen atoms in total. The lowest BCUT2D eigenvalue weighted by Crippen LogP contribution is -2.15. The molecule has 0 fully saturated rings. The van der Waals surface area contributed by atoms with Crippen molar-refractivity contribution < 1.29 is 14.5 Å². The number of benzene rings is 2. The van der Waals surface area contributed by atoms with E-state index in [4.69, 9.17) is 16.3 Å².